The third-order valence-electron chi connectivity index (χ3n) is 3.00. The van der Waals surface area contributed by atoms with Crippen LogP contribution in [0.15, 0.2) is 17.9 Å². The summed E-state index contributed by atoms with van der Waals surface area (Å²) >= 11 is 1.73. The van der Waals surface area contributed by atoms with Crippen LogP contribution in [0.3, 0.4) is 0 Å². The lowest BCUT2D eigenvalue weighted by Gasteiger charge is -2.16. The zero-order valence-corrected chi connectivity index (χ0v) is 12.0. The summed E-state index contributed by atoms with van der Waals surface area (Å²) in [6.07, 6.45) is 5.06. The summed E-state index contributed by atoms with van der Waals surface area (Å²) in [5, 5.41) is 7.86. The molecule has 0 aliphatic carbocycles. The smallest absolute Gasteiger partial charge is 0.0798 e. The number of aromatic nitrogens is 3. The van der Waals surface area contributed by atoms with E-state index in [9.17, 15) is 0 Å². The maximum atomic E-state index is 4.34. The van der Waals surface area contributed by atoms with E-state index >= 15 is 0 Å². The molecule has 0 bridgehead atoms. The number of rotatable bonds is 6. The second-order valence-corrected chi connectivity index (χ2v) is 5.21. The van der Waals surface area contributed by atoms with Gasteiger partial charge in [-0.15, -0.1) is 11.3 Å². The molecule has 18 heavy (non-hydrogen) atoms. The van der Waals surface area contributed by atoms with Crippen molar-refractivity contribution in [3.63, 3.8) is 0 Å². The Bertz CT molecular complexity index is 489. The van der Waals surface area contributed by atoms with Gasteiger partial charge in [-0.3, -0.25) is 4.68 Å². The lowest BCUT2D eigenvalue weighted by molar-refractivity contribution is 0.554. The maximum absolute atomic E-state index is 4.34. The number of nitrogens with one attached hydrogen (secondary N) is 1. The van der Waals surface area contributed by atoms with Crippen LogP contribution in [-0.2, 0) is 13.0 Å². The average molecular weight is 264 g/mol. The summed E-state index contributed by atoms with van der Waals surface area (Å²) in [5.41, 5.74) is 4.33. The fraction of sp³-hybridized carbons (Fsp3) is 0.538. The number of nitrogens with zero attached hydrogens (tertiary/aromatic N) is 3. The van der Waals surface area contributed by atoms with E-state index in [1.165, 1.54) is 10.4 Å². The molecular weight excluding hydrogens is 244 g/mol. The molecule has 1 unspecified atom stereocenters. The minimum Gasteiger partial charge on any atom is -0.309 e. The van der Waals surface area contributed by atoms with E-state index in [1.807, 2.05) is 16.4 Å². The predicted octanol–water partition coefficient (Wildman–Crippen LogP) is 2.56. The molecule has 0 spiro atoms. The van der Waals surface area contributed by atoms with Gasteiger partial charge in [0.15, 0.2) is 0 Å². The second-order valence-electron chi connectivity index (χ2n) is 4.32. The fourth-order valence-electron chi connectivity index (χ4n) is 2.07. The van der Waals surface area contributed by atoms with E-state index in [4.69, 9.17) is 0 Å². The first kappa shape index (κ1) is 13.2. The van der Waals surface area contributed by atoms with Crippen LogP contribution in [0.1, 0.15) is 36.0 Å². The Kier molecular flexibility index (Phi) is 4.49. The van der Waals surface area contributed by atoms with Gasteiger partial charge in [-0.25, -0.2) is 4.98 Å². The number of hydrogen-bond donors (Lipinski definition) is 1. The first-order valence-corrected chi connectivity index (χ1v) is 7.27. The molecule has 0 aliphatic rings. The van der Waals surface area contributed by atoms with E-state index in [0.717, 1.165) is 25.2 Å². The molecule has 1 N–H and O–H groups in total. The van der Waals surface area contributed by atoms with Crippen molar-refractivity contribution in [3.05, 3.63) is 34.0 Å². The van der Waals surface area contributed by atoms with E-state index in [1.54, 1.807) is 11.3 Å². The van der Waals surface area contributed by atoms with Crippen LogP contribution in [0.2, 0.25) is 0 Å². The Morgan fingerprint density at radius 2 is 2.28 bits per heavy atom. The molecule has 0 saturated carbocycles. The molecule has 2 heterocycles. The van der Waals surface area contributed by atoms with Crippen LogP contribution in [0, 0.1) is 6.92 Å². The van der Waals surface area contributed by atoms with Crippen LogP contribution < -0.4 is 5.32 Å². The highest BCUT2D eigenvalue weighted by atomic mass is 32.1. The van der Waals surface area contributed by atoms with Crippen molar-refractivity contribution in [2.75, 3.05) is 6.54 Å². The van der Waals surface area contributed by atoms with E-state index in [-0.39, 0.29) is 0 Å². The summed E-state index contributed by atoms with van der Waals surface area (Å²) in [5.74, 6) is 0. The summed E-state index contributed by atoms with van der Waals surface area (Å²) in [6, 6.07) is 0.344. The van der Waals surface area contributed by atoms with Gasteiger partial charge >= 0.3 is 0 Å². The van der Waals surface area contributed by atoms with Crippen LogP contribution in [0.4, 0.5) is 0 Å². The van der Waals surface area contributed by atoms with Crippen molar-refractivity contribution < 1.29 is 0 Å². The van der Waals surface area contributed by atoms with Gasteiger partial charge in [0.2, 0.25) is 0 Å². The highest BCUT2D eigenvalue weighted by molar-refractivity contribution is 7.09. The fourth-order valence-corrected chi connectivity index (χ4v) is 2.95. The Balaban J connectivity index is 2.13. The van der Waals surface area contributed by atoms with Gasteiger partial charge in [0.25, 0.3) is 0 Å². The first-order chi connectivity index (χ1) is 8.74. The summed E-state index contributed by atoms with van der Waals surface area (Å²) in [7, 11) is 0. The quantitative estimate of drug-likeness (QED) is 0.872. The largest absolute Gasteiger partial charge is 0.309 e. The molecular formula is C13H20N4S. The standard InChI is InChI=1S/C13H20N4S/c1-4-14-12(13-10(3)15-9-18-13)6-11-7-16-17(5-2)8-11/h7-9,12,14H,4-6H2,1-3H3. The van der Waals surface area contributed by atoms with Crippen molar-refractivity contribution in [1.29, 1.82) is 0 Å². The second kappa shape index (κ2) is 6.11. The van der Waals surface area contributed by atoms with Gasteiger partial charge < -0.3 is 5.32 Å². The van der Waals surface area contributed by atoms with Crippen molar-refractivity contribution >= 4 is 11.3 Å². The first-order valence-electron chi connectivity index (χ1n) is 6.39. The SMILES string of the molecule is CCNC(Cc1cnn(CC)c1)c1scnc1C. The summed E-state index contributed by atoms with van der Waals surface area (Å²) < 4.78 is 1.97. The lowest BCUT2D eigenvalue weighted by Crippen LogP contribution is -2.22. The third-order valence-corrected chi connectivity index (χ3v) is 4.04. The van der Waals surface area contributed by atoms with E-state index < -0.39 is 0 Å². The maximum Gasteiger partial charge on any atom is 0.0798 e. The molecule has 2 aromatic heterocycles. The number of thiazole rings is 1. The highest BCUT2D eigenvalue weighted by Crippen LogP contribution is 2.24. The minimum absolute atomic E-state index is 0.344. The van der Waals surface area contributed by atoms with Gasteiger partial charge in [-0.05, 0) is 32.4 Å². The topological polar surface area (TPSA) is 42.7 Å². The average Bonchev–Trinajstić information content (AvgIpc) is 2.97. The van der Waals surface area contributed by atoms with Crippen molar-refractivity contribution in [1.82, 2.24) is 20.1 Å². The molecule has 0 aromatic carbocycles. The molecule has 0 radical (unpaired) electrons. The predicted molar refractivity (Wildman–Crippen MR) is 74.9 cm³/mol. The van der Waals surface area contributed by atoms with Crippen LogP contribution >= 0.6 is 11.3 Å². The van der Waals surface area contributed by atoms with Crippen LogP contribution in [0.25, 0.3) is 0 Å². The van der Waals surface area contributed by atoms with Crippen LogP contribution in [0.5, 0.6) is 0 Å². The van der Waals surface area contributed by atoms with Gasteiger partial charge in [-0.1, -0.05) is 6.92 Å². The van der Waals surface area contributed by atoms with Gasteiger partial charge in [0.1, 0.15) is 0 Å². The molecule has 0 fully saturated rings. The summed E-state index contributed by atoms with van der Waals surface area (Å²) in [6.45, 7) is 8.20. The molecule has 0 saturated heterocycles. The van der Waals surface area contributed by atoms with Gasteiger partial charge in [0, 0.05) is 23.7 Å². The van der Waals surface area contributed by atoms with Gasteiger partial charge in [0.05, 0.1) is 17.4 Å². The number of aryl methyl sites for hydroxylation is 2. The lowest BCUT2D eigenvalue weighted by atomic mass is 10.1. The van der Waals surface area contributed by atoms with E-state index in [2.05, 4.69) is 42.4 Å². The molecule has 4 nitrogen and oxygen atoms in total. The molecule has 5 heteroatoms. The molecule has 1 atom stereocenters. The normalized spacial score (nSPS) is 12.8. The molecule has 98 valence electrons. The van der Waals surface area contributed by atoms with Crippen LogP contribution in [-0.4, -0.2) is 21.3 Å². The minimum atomic E-state index is 0.344. The monoisotopic (exact) mass is 264 g/mol. The highest BCUT2D eigenvalue weighted by Gasteiger charge is 2.16. The van der Waals surface area contributed by atoms with Crippen molar-refractivity contribution in [2.45, 2.75) is 39.8 Å². The van der Waals surface area contributed by atoms with Crippen molar-refractivity contribution in [3.8, 4) is 0 Å². The summed E-state index contributed by atoms with van der Waals surface area (Å²) in [4.78, 5) is 5.67. The Morgan fingerprint density at radius 3 is 2.83 bits per heavy atom. The molecule has 2 rings (SSSR count). The molecule has 2 aromatic rings. The van der Waals surface area contributed by atoms with Crippen molar-refractivity contribution in [2.24, 2.45) is 0 Å². The Morgan fingerprint density at radius 1 is 1.44 bits per heavy atom. The van der Waals surface area contributed by atoms with E-state index in [0.29, 0.717) is 6.04 Å². The zero-order chi connectivity index (χ0) is 13.0. The third kappa shape index (κ3) is 2.97. The number of hydrogen-bond acceptors (Lipinski definition) is 4. The number of likely N-dealkylation sites (N-methyl/N-ethyl adjacent to an activating group) is 1. The molecule has 0 aliphatic heterocycles. The Labute approximate surface area is 112 Å². The molecule has 0 amide bonds. The van der Waals surface area contributed by atoms with Gasteiger partial charge in [-0.2, -0.15) is 5.10 Å². The Hall–Kier alpha value is -1.20. The zero-order valence-electron chi connectivity index (χ0n) is 11.2.